The van der Waals surface area contributed by atoms with E-state index in [2.05, 4.69) is 10.3 Å². The smallest absolute Gasteiger partial charge is 0.321 e. The van der Waals surface area contributed by atoms with E-state index < -0.39 is 6.55 Å². The lowest BCUT2D eigenvalue weighted by atomic mass is 10.1. The molecule has 162 valence electrons. The van der Waals surface area contributed by atoms with Gasteiger partial charge in [0.25, 0.3) is 0 Å². The molecule has 0 radical (unpaired) electrons. The highest BCUT2D eigenvalue weighted by Crippen LogP contribution is 2.36. The summed E-state index contributed by atoms with van der Waals surface area (Å²) in [6.07, 6.45) is 0. The van der Waals surface area contributed by atoms with Gasteiger partial charge in [-0.15, -0.1) is 0 Å². The molecule has 0 bridgehead atoms. The zero-order valence-electron chi connectivity index (χ0n) is 16.8. The van der Waals surface area contributed by atoms with Crippen LogP contribution in [0.25, 0.3) is 33.0 Å². The third kappa shape index (κ3) is 3.54. The van der Waals surface area contributed by atoms with Crippen LogP contribution in [0.2, 0.25) is 0 Å². The van der Waals surface area contributed by atoms with Gasteiger partial charge in [0.15, 0.2) is 5.16 Å². The van der Waals surface area contributed by atoms with Crippen LogP contribution >= 0.6 is 11.8 Å². The number of para-hydroxylation sites is 3. The van der Waals surface area contributed by atoms with E-state index in [0.717, 1.165) is 32.7 Å². The lowest BCUT2D eigenvalue weighted by Gasteiger charge is -2.11. The molecule has 32 heavy (non-hydrogen) atoms. The standard InChI is InChI=1S/C23H17F2N3O3S/c1-30-20-10-14-13-6-2-5-9-18(13)31-19(14)11-16(20)26-21(29)12-32-23-27-15-7-3-4-8-17(15)28(23)22(24)25/h2-11,22H,12H2,1H3,(H,26,29). The van der Waals surface area contributed by atoms with Gasteiger partial charge in [-0.25, -0.2) is 4.98 Å². The highest BCUT2D eigenvalue weighted by atomic mass is 32.2. The molecule has 0 saturated heterocycles. The van der Waals surface area contributed by atoms with Gasteiger partial charge in [-0.1, -0.05) is 42.1 Å². The third-order valence-electron chi connectivity index (χ3n) is 5.06. The highest BCUT2D eigenvalue weighted by molar-refractivity contribution is 7.99. The lowest BCUT2D eigenvalue weighted by molar-refractivity contribution is -0.113. The summed E-state index contributed by atoms with van der Waals surface area (Å²) in [5, 5.41) is 4.68. The second-order valence-electron chi connectivity index (χ2n) is 7.01. The number of rotatable bonds is 6. The number of benzene rings is 3. The maximum atomic E-state index is 13.6. The Morgan fingerprint density at radius 3 is 2.72 bits per heavy atom. The fourth-order valence-electron chi connectivity index (χ4n) is 3.65. The van der Waals surface area contributed by atoms with E-state index in [9.17, 15) is 13.6 Å². The minimum Gasteiger partial charge on any atom is -0.495 e. The molecule has 0 aliphatic carbocycles. The molecule has 0 atom stereocenters. The van der Waals surface area contributed by atoms with Crippen molar-refractivity contribution >= 4 is 56.3 Å². The van der Waals surface area contributed by atoms with E-state index in [4.69, 9.17) is 9.15 Å². The average molecular weight is 453 g/mol. The van der Waals surface area contributed by atoms with Crippen molar-refractivity contribution in [3.8, 4) is 5.75 Å². The molecule has 0 aliphatic rings. The number of amides is 1. The minimum atomic E-state index is -2.76. The second-order valence-corrected chi connectivity index (χ2v) is 7.96. The van der Waals surface area contributed by atoms with E-state index in [1.165, 1.54) is 7.11 Å². The van der Waals surface area contributed by atoms with Crippen LogP contribution in [0.5, 0.6) is 5.75 Å². The summed E-state index contributed by atoms with van der Waals surface area (Å²) >= 11 is 0.945. The van der Waals surface area contributed by atoms with E-state index in [0.29, 0.717) is 28.1 Å². The molecule has 6 nitrogen and oxygen atoms in total. The maximum absolute atomic E-state index is 13.6. The molecular weight excluding hydrogens is 436 g/mol. The largest absolute Gasteiger partial charge is 0.495 e. The molecule has 1 amide bonds. The number of hydrogen-bond donors (Lipinski definition) is 1. The summed E-state index contributed by atoms with van der Waals surface area (Å²) in [7, 11) is 1.51. The first-order valence-corrected chi connectivity index (χ1v) is 10.7. The van der Waals surface area contributed by atoms with E-state index in [1.54, 1.807) is 36.4 Å². The molecule has 2 heterocycles. The van der Waals surface area contributed by atoms with Crippen molar-refractivity contribution in [3.63, 3.8) is 0 Å². The Balaban J connectivity index is 1.39. The van der Waals surface area contributed by atoms with Gasteiger partial charge in [0.1, 0.15) is 16.9 Å². The van der Waals surface area contributed by atoms with Gasteiger partial charge in [-0.2, -0.15) is 8.78 Å². The van der Waals surface area contributed by atoms with Crippen LogP contribution in [0.1, 0.15) is 6.55 Å². The van der Waals surface area contributed by atoms with Gasteiger partial charge < -0.3 is 14.5 Å². The molecular formula is C23H17F2N3O3S. The SMILES string of the molecule is COc1cc2c(cc1NC(=O)CSc1nc3ccccc3n1C(F)F)oc1ccccc12. The fourth-order valence-corrected chi connectivity index (χ4v) is 4.46. The summed E-state index contributed by atoms with van der Waals surface area (Å²) in [5.74, 6) is -0.00368. The number of carbonyl (C=O) groups excluding carboxylic acids is 1. The summed E-state index contributed by atoms with van der Waals surface area (Å²) in [6, 6.07) is 17.8. The molecule has 0 spiro atoms. The second kappa shape index (κ2) is 8.16. The van der Waals surface area contributed by atoms with Crippen molar-refractivity contribution in [2.75, 3.05) is 18.2 Å². The van der Waals surface area contributed by atoms with Crippen LogP contribution in [-0.4, -0.2) is 28.3 Å². The number of furan rings is 1. The zero-order valence-corrected chi connectivity index (χ0v) is 17.7. The normalized spacial score (nSPS) is 11.6. The quantitative estimate of drug-likeness (QED) is 0.316. The number of ether oxygens (including phenoxy) is 1. The molecule has 5 aromatic rings. The first-order valence-electron chi connectivity index (χ1n) is 9.72. The van der Waals surface area contributed by atoms with Gasteiger partial charge in [0, 0.05) is 16.8 Å². The molecule has 0 unspecified atom stereocenters. The number of fused-ring (bicyclic) bond motifs is 4. The molecule has 5 rings (SSSR count). The molecule has 0 fully saturated rings. The number of methoxy groups -OCH3 is 1. The van der Waals surface area contributed by atoms with E-state index in [1.807, 2.05) is 24.3 Å². The van der Waals surface area contributed by atoms with Crippen molar-refractivity contribution < 1.29 is 22.7 Å². The predicted octanol–water partition coefficient (Wildman–Crippen LogP) is 6.07. The van der Waals surface area contributed by atoms with Gasteiger partial charge in [0.05, 0.1) is 29.6 Å². The van der Waals surface area contributed by atoms with Crippen LogP contribution in [0.3, 0.4) is 0 Å². The van der Waals surface area contributed by atoms with Crippen molar-refractivity contribution in [1.29, 1.82) is 0 Å². The monoisotopic (exact) mass is 453 g/mol. The Morgan fingerprint density at radius 1 is 1.12 bits per heavy atom. The number of anilines is 1. The Labute approximate surface area is 185 Å². The van der Waals surface area contributed by atoms with Gasteiger partial charge in [-0.3, -0.25) is 9.36 Å². The molecule has 9 heteroatoms. The number of carbonyl (C=O) groups is 1. The van der Waals surface area contributed by atoms with Crippen LogP contribution in [0.4, 0.5) is 14.5 Å². The van der Waals surface area contributed by atoms with Crippen LogP contribution in [-0.2, 0) is 4.79 Å². The Morgan fingerprint density at radius 2 is 1.91 bits per heavy atom. The Kier molecular flexibility index (Phi) is 5.18. The van der Waals surface area contributed by atoms with Gasteiger partial charge >= 0.3 is 6.55 Å². The molecule has 2 aromatic heterocycles. The van der Waals surface area contributed by atoms with E-state index >= 15 is 0 Å². The zero-order chi connectivity index (χ0) is 22.2. The van der Waals surface area contributed by atoms with Crippen LogP contribution in [0.15, 0.2) is 70.2 Å². The minimum absolute atomic E-state index is 0.0797. The summed E-state index contributed by atoms with van der Waals surface area (Å²) in [5.41, 5.74) is 2.55. The van der Waals surface area contributed by atoms with Crippen molar-refractivity contribution in [3.05, 3.63) is 60.7 Å². The summed E-state index contributed by atoms with van der Waals surface area (Å²) in [6.45, 7) is -2.76. The first kappa shape index (κ1) is 20.3. The first-order chi connectivity index (χ1) is 15.5. The van der Waals surface area contributed by atoms with Crippen LogP contribution < -0.4 is 10.1 Å². The summed E-state index contributed by atoms with van der Waals surface area (Å²) < 4.78 is 39.3. The number of hydrogen-bond acceptors (Lipinski definition) is 5. The molecule has 0 aliphatic heterocycles. The van der Waals surface area contributed by atoms with Crippen molar-refractivity contribution in [2.45, 2.75) is 11.7 Å². The molecule has 0 saturated carbocycles. The Bertz CT molecular complexity index is 1460. The third-order valence-corrected chi connectivity index (χ3v) is 6.02. The number of alkyl halides is 2. The van der Waals surface area contributed by atoms with Crippen molar-refractivity contribution in [1.82, 2.24) is 9.55 Å². The van der Waals surface area contributed by atoms with E-state index in [-0.39, 0.29) is 16.8 Å². The topological polar surface area (TPSA) is 69.3 Å². The predicted molar refractivity (Wildman–Crippen MR) is 121 cm³/mol. The molecule has 1 N–H and O–H groups in total. The summed E-state index contributed by atoms with van der Waals surface area (Å²) in [4.78, 5) is 16.9. The maximum Gasteiger partial charge on any atom is 0.321 e. The number of aromatic nitrogens is 2. The number of nitrogens with one attached hydrogen (secondary N) is 1. The lowest BCUT2D eigenvalue weighted by Crippen LogP contribution is -2.15. The molecule has 3 aromatic carbocycles. The van der Waals surface area contributed by atoms with Crippen molar-refractivity contribution in [2.24, 2.45) is 0 Å². The number of nitrogens with zero attached hydrogens (tertiary/aromatic N) is 2. The Hall–Kier alpha value is -3.59. The number of thioether (sulfide) groups is 1. The van der Waals surface area contributed by atoms with Gasteiger partial charge in [0.2, 0.25) is 5.91 Å². The number of imidazole rings is 1. The van der Waals surface area contributed by atoms with Gasteiger partial charge in [-0.05, 0) is 24.3 Å². The average Bonchev–Trinajstić information content (AvgIpc) is 3.34. The number of halogens is 2. The van der Waals surface area contributed by atoms with Crippen LogP contribution in [0, 0.1) is 0 Å². The highest BCUT2D eigenvalue weighted by Gasteiger charge is 2.20. The fraction of sp³-hybridized carbons (Fsp3) is 0.130.